The average molecular weight is 448 g/mol. The largest absolute Gasteiger partial charge is 0.378 e. The maximum atomic E-state index is 12.3. The molecule has 1 saturated heterocycles. The Morgan fingerprint density at radius 2 is 2.12 bits per heavy atom. The summed E-state index contributed by atoms with van der Waals surface area (Å²) in [7, 11) is 3.69. The molecule has 1 amide bonds. The van der Waals surface area contributed by atoms with Crippen molar-refractivity contribution in [3.8, 4) is 0 Å². The maximum Gasteiger partial charge on any atom is 0.267 e. The quantitative estimate of drug-likeness (QED) is 0.531. The summed E-state index contributed by atoms with van der Waals surface area (Å²) >= 11 is 0. The van der Waals surface area contributed by atoms with Crippen molar-refractivity contribution in [2.24, 2.45) is 12.8 Å². The second-order valence-corrected chi connectivity index (χ2v) is 9.55. The molecule has 6 rings (SSSR count). The van der Waals surface area contributed by atoms with Crippen molar-refractivity contribution >= 4 is 5.91 Å². The summed E-state index contributed by atoms with van der Waals surface area (Å²) in [6.45, 7) is 0.449. The van der Waals surface area contributed by atoms with E-state index in [4.69, 9.17) is 15.6 Å². The van der Waals surface area contributed by atoms with Gasteiger partial charge in [-0.15, -0.1) is 0 Å². The molecule has 33 heavy (non-hydrogen) atoms. The van der Waals surface area contributed by atoms with Gasteiger partial charge in [-0.2, -0.15) is 5.10 Å². The topological polar surface area (TPSA) is 123 Å². The number of ether oxygens (including phenoxy) is 1. The number of aryl methyl sites for hydroxylation is 1. The van der Waals surface area contributed by atoms with Crippen LogP contribution in [0.15, 0.2) is 24.7 Å². The van der Waals surface area contributed by atoms with Crippen molar-refractivity contribution in [2.45, 2.75) is 62.8 Å². The molecule has 2 aliphatic carbocycles. The van der Waals surface area contributed by atoms with Gasteiger partial charge < -0.3 is 20.4 Å². The molecule has 1 aliphatic heterocycles. The van der Waals surface area contributed by atoms with Crippen molar-refractivity contribution in [3.63, 3.8) is 0 Å². The first-order valence-corrected chi connectivity index (χ1v) is 11.6. The van der Waals surface area contributed by atoms with Gasteiger partial charge in [-0.3, -0.25) is 14.5 Å². The summed E-state index contributed by atoms with van der Waals surface area (Å²) in [6, 6.07) is 5.21. The normalized spacial score (nSPS) is 25.3. The van der Waals surface area contributed by atoms with Crippen LogP contribution in [-0.4, -0.2) is 49.4 Å². The van der Waals surface area contributed by atoms with Crippen LogP contribution in [0.4, 0.5) is 0 Å². The van der Waals surface area contributed by atoms with Gasteiger partial charge in [0, 0.05) is 44.6 Å². The van der Waals surface area contributed by atoms with E-state index < -0.39 is 5.91 Å². The fourth-order valence-electron chi connectivity index (χ4n) is 5.89. The van der Waals surface area contributed by atoms with Gasteiger partial charge in [-0.25, -0.2) is 4.98 Å². The van der Waals surface area contributed by atoms with E-state index in [9.17, 15) is 4.79 Å². The highest BCUT2D eigenvalue weighted by atomic mass is 16.5. The number of fused-ring (bicyclic) bond motifs is 2. The molecule has 3 aromatic rings. The lowest BCUT2D eigenvalue weighted by molar-refractivity contribution is 0.0988. The second kappa shape index (κ2) is 7.78. The molecule has 9 heteroatoms. The minimum Gasteiger partial charge on any atom is -0.378 e. The van der Waals surface area contributed by atoms with E-state index >= 15 is 0 Å². The van der Waals surface area contributed by atoms with Crippen LogP contribution in [0.2, 0.25) is 0 Å². The van der Waals surface area contributed by atoms with Gasteiger partial charge in [0.25, 0.3) is 5.91 Å². The summed E-state index contributed by atoms with van der Waals surface area (Å²) in [6.07, 6.45) is 8.38. The van der Waals surface area contributed by atoms with E-state index in [2.05, 4.69) is 21.4 Å². The fourth-order valence-corrected chi connectivity index (χ4v) is 5.89. The molecule has 0 aromatic carbocycles. The molecule has 0 bridgehead atoms. The van der Waals surface area contributed by atoms with Crippen LogP contribution >= 0.6 is 0 Å². The molecular weight excluding hydrogens is 418 g/mol. The highest BCUT2D eigenvalue weighted by Gasteiger charge is 2.46. The molecule has 9 nitrogen and oxygen atoms in total. The number of aromatic nitrogens is 5. The number of rotatable bonds is 7. The van der Waals surface area contributed by atoms with E-state index in [0.717, 1.165) is 48.3 Å². The van der Waals surface area contributed by atoms with E-state index in [1.807, 2.05) is 30.2 Å². The van der Waals surface area contributed by atoms with Crippen molar-refractivity contribution in [1.82, 2.24) is 29.6 Å². The van der Waals surface area contributed by atoms with Crippen molar-refractivity contribution in [1.29, 1.82) is 0 Å². The van der Waals surface area contributed by atoms with Gasteiger partial charge in [0.15, 0.2) is 0 Å². The Morgan fingerprint density at radius 1 is 1.30 bits per heavy atom. The zero-order valence-corrected chi connectivity index (χ0v) is 19.0. The van der Waals surface area contributed by atoms with Gasteiger partial charge in [0.2, 0.25) is 0 Å². The van der Waals surface area contributed by atoms with Crippen LogP contribution in [-0.2, 0) is 31.2 Å². The number of nitrogens with zero attached hydrogens (tertiary/aromatic N) is 5. The number of methoxy groups -OCH3 is 1. The van der Waals surface area contributed by atoms with Crippen molar-refractivity contribution in [2.75, 3.05) is 7.11 Å². The lowest BCUT2D eigenvalue weighted by atomic mass is 9.89. The van der Waals surface area contributed by atoms with Crippen LogP contribution in [0.3, 0.4) is 0 Å². The van der Waals surface area contributed by atoms with Gasteiger partial charge in [-0.1, -0.05) is 0 Å². The van der Waals surface area contributed by atoms with Crippen LogP contribution in [0, 0.1) is 0 Å². The summed E-state index contributed by atoms with van der Waals surface area (Å²) in [5, 5.41) is 8.42. The van der Waals surface area contributed by atoms with Gasteiger partial charge >= 0.3 is 0 Å². The summed E-state index contributed by atoms with van der Waals surface area (Å²) < 4.78 is 9.29. The van der Waals surface area contributed by atoms with Gasteiger partial charge in [-0.05, 0) is 54.9 Å². The average Bonchev–Trinajstić information content (AvgIpc) is 3.24. The number of nitrogens with one attached hydrogen (secondary N) is 1. The Hall–Kier alpha value is -3.04. The zero-order valence-electron chi connectivity index (χ0n) is 19.0. The number of piperidine rings is 1. The van der Waals surface area contributed by atoms with E-state index in [0.29, 0.717) is 36.7 Å². The first kappa shape index (κ1) is 20.6. The van der Waals surface area contributed by atoms with Crippen LogP contribution in [0.5, 0.6) is 0 Å². The van der Waals surface area contributed by atoms with Crippen molar-refractivity contribution in [3.05, 3.63) is 64.3 Å². The highest BCUT2D eigenvalue weighted by molar-refractivity contribution is 5.91. The minimum absolute atomic E-state index is 0.0720. The Kier molecular flexibility index (Phi) is 4.84. The van der Waals surface area contributed by atoms with E-state index in [1.165, 1.54) is 11.3 Å². The molecule has 3 aromatic heterocycles. The standard InChI is InChI=1S/C24H29N7O2/c1-30-12-27-23-20(30)3-4-21(23)31-22(24(25)32)10-14(29-31)9-16-15(5-6-26-19(16)11-33-2)13-7-17-18(8-13)28-17/h5-6,10,12-13,17-18,21,28H,3-4,7-9,11H2,1-2H3,(H2,25,32)/t13?,17?,18?,21-/m1/s1. The summed E-state index contributed by atoms with van der Waals surface area (Å²) in [5.74, 6) is 0.0436. The minimum atomic E-state index is -0.469. The van der Waals surface area contributed by atoms with Crippen LogP contribution in [0.25, 0.3) is 0 Å². The second-order valence-electron chi connectivity index (χ2n) is 9.55. The van der Waals surface area contributed by atoms with Gasteiger partial charge in [0.1, 0.15) is 5.69 Å². The molecule has 1 saturated carbocycles. The highest BCUT2D eigenvalue weighted by Crippen LogP contribution is 2.43. The first-order chi connectivity index (χ1) is 16.0. The number of hydrogen-bond donors (Lipinski definition) is 2. The number of pyridine rings is 1. The number of carbonyl (C=O) groups is 1. The molecular formula is C24H29N7O2. The smallest absolute Gasteiger partial charge is 0.267 e. The number of nitrogens with two attached hydrogens (primary N) is 1. The lowest BCUT2D eigenvalue weighted by Gasteiger charge is -2.19. The first-order valence-electron chi connectivity index (χ1n) is 11.6. The number of amides is 1. The third-order valence-corrected chi connectivity index (χ3v) is 7.54. The molecule has 3 atom stereocenters. The monoisotopic (exact) mass is 447 g/mol. The molecule has 172 valence electrons. The predicted molar refractivity (Wildman–Crippen MR) is 121 cm³/mol. The van der Waals surface area contributed by atoms with E-state index in [1.54, 1.807) is 11.8 Å². The van der Waals surface area contributed by atoms with Crippen LogP contribution in [0.1, 0.15) is 75.6 Å². The van der Waals surface area contributed by atoms with E-state index in [-0.39, 0.29) is 6.04 Å². The third kappa shape index (κ3) is 3.46. The van der Waals surface area contributed by atoms with Gasteiger partial charge in [0.05, 0.1) is 36.1 Å². The molecule has 2 unspecified atom stereocenters. The van der Waals surface area contributed by atoms with Crippen LogP contribution < -0.4 is 11.1 Å². The number of imidazole rings is 1. The molecule has 3 aliphatic rings. The maximum absolute atomic E-state index is 12.3. The molecule has 0 radical (unpaired) electrons. The third-order valence-electron chi connectivity index (χ3n) is 7.54. The fraction of sp³-hybridized carbons (Fsp3) is 0.500. The van der Waals surface area contributed by atoms with Crippen molar-refractivity contribution < 1.29 is 9.53 Å². The summed E-state index contributed by atoms with van der Waals surface area (Å²) in [4.78, 5) is 21.5. The Bertz CT molecular complexity index is 1220. The molecule has 2 fully saturated rings. The Labute approximate surface area is 192 Å². The summed E-state index contributed by atoms with van der Waals surface area (Å²) in [5.41, 5.74) is 12.6. The molecule has 0 spiro atoms. The SMILES string of the molecule is COCc1nccc(C2CC3NC3C2)c1Cc1cc(C(N)=O)n([C@@H]2CCc3c2ncn3C)n1. The number of carbonyl (C=O) groups excluding carboxylic acids is 1. The lowest BCUT2D eigenvalue weighted by Crippen LogP contribution is -2.21. The number of primary amides is 1. The molecule has 4 heterocycles. The predicted octanol–water partition coefficient (Wildman–Crippen LogP) is 1.60. The Balaban J connectivity index is 1.37. The molecule has 3 N–H and O–H groups in total. The zero-order chi connectivity index (χ0) is 22.7. The Morgan fingerprint density at radius 3 is 2.88 bits per heavy atom. The number of hydrogen-bond acceptors (Lipinski definition) is 6.